The second-order valence-corrected chi connectivity index (χ2v) is 9.00. The van der Waals surface area contributed by atoms with Crippen molar-refractivity contribution in [2.24, 2.45) is 4.99 Å². The molecule has 33 heavy (non-hydrogen) atoms. The molecule has 0 saturated carbocycles. The van der Waals surface area contributed by atoms with Crippen LogP contribution >= 0.6 is 0 Å². The minimum Gasteiger partial charge on any atom is -0.459 e. The van der Waals surface area contributed by atoms with Gasteiger partial charge in [-0.1, -0.05) is 12.1 Å². The number of aliphatic imine (C=N–C) groups is 1. The van der Waals surface area contributed by atoms with Gasteiger partial charge in [0.05, 0.1) is 4.90 Å². The summed E-state index contributed by atoms with van der Waals surface area (Å²) in [7, 11) is -3.73. The van der Waals surface area contributed by atoms with E-state index in [1.54, 1.807) is 30.3 Å². The molecule has 2 N–H and O–H groups in total. The van der Waals surface area contributed by atoms with E-state index in [0.29, 0.717) is 22.2 Å². The van der Waals surface area contributed by atoms with E-state index in [1.165, 1.54) is 32.0 Å². The molecule has 0 fully saturated rings. The molecule has 1 aromatic heterocycles. The lowest BCUT2D eigenvalue weighted by atomic mass is 10.1. The fourth-order valence-corrected chi connectivity index (χ4v) is 4.62. The highest BCUT2D eigenvalue weighted by molar-refractivity contribution is 7.90. The molecule has 1 atom stereocenters. The number of hydrogen-bond acceptors (Lipinski definition) is 8. The molecule has 1 aliphatic rings. The maximum absolute atomic E-state index is 12.5. The number of esters is 1. The number of hydrogen-bond donors (Lipinski definition) is 2. The van der Waals surface area contributed by atoms with Gasteiger partial charge in [0.25, 0.3) is 10.0 Å². The van der Waals surface area contributed by atoms with Crippen molar-refractivity contribution in [1.82, 2.24) is 4.72 Å². The molecule has 0 bridgehead atoms. The molecule has 1 amide bonds. The molecule has 11 heteroatoms. The zero-order valence-electron chi connectivity index (χ0n) is 17.6. The lowest BCUT2D eigenvalue weighted by Gasteiger charge is -2.11. The minimum absolute atomic E-state index is 0.0614. The summed E-state index contributed by atoms with van der Waals surface area (Å²) in [5, 5.41) is 3.13. The Kier molecular flexibility index (Phi) is 5.73. The predicted molar refractivity (Wildman–Crippen MR) is 119 cm³/mol. The molecule has 0 aliphatic carbocycles. The zero-order chi connectivity index (χ0) is 23.8. The molecule has 1 aliphatic heterocycles. The lowest BCUT2D eigenvalue weighted by molar-refractivity contribution is -0.145. The van der Waals surface area contributed by atoms with E-state index in [1.807, 2.05) is 0 Å². The first-order valence-electron chi connectivity index (χ1n) is 9.85. The molecule has 3 aromatic rings. The van der Waals surface area contributed by atoms with Crippen LogP contribution in [0.25, 0.3) is 11.0 Å². The Morgan fingerprint density at radius 2 is 1.94 bits per heavy atom. The topological polar surface area (TPSA) is 144 Å². The molecule has 2 aromatic carbocycles. The Balaban J connectivity index is 1.53. The van der Waals surface area contributed by atoms with Crippen molar-refractivity contribution in [3.8, 4) is 0 Å². The van der Waals surface area contributed by atoms with Crippen LogP contribution in [0.2, 0.25) is 0 Å². The highest BCUT2D eigenvalue weighted by Crippen LogP contribution is 2.24. The summed E-state index contributed by atoms with van der Waals surface area (Å²) in [6.07, 6.45) is 0. The molecule has 0 saturated heterocycles. The van der Waals surface area contributed by atoms with Crippen LogP contribution in [0.5, 0.6) is 0 Å². The van der Waals surface area contributed by atoms with Crippen molar-refractivity contribution in [3.05, 3.63) is 70.1 Å². The van der Waals surface area contributed by atoms with Crippen LogP contribution in [-0.2, 0) is 31.0 Å². The van der Waals surface area contributed by atoms with Gasteiger partial charge in [0.15, 0.2) is 0 Å². The van der Waals surface area contributed by atoms with Gasteiger partial charge in [-0.25, -0.2) is 18.0 Å². The monoisotopic (exact) mass is 469 g/mol. The highest BCUT2D eigenvalue weighted by Gasteiger charge is 2.31. The average molecular weight is 469 g/mol. The van der Waals surface area contributed by atoms with Crippen molar-refractivity contribution in [1.29, 1.82) is 0 Å². The van der Waals surface area contributed by atoms with Gasteiger partial charge in [-0.05, 0) is 31.2 Å². The molecule has 0 spiro atoms. The lowest BCUT2D eigenvalue weighted by Crippen LogP contribution is -2.26. The molecular weight excluding hydrogens is 450 g/mol. The standard InChI is InChI=1S/C22H19N3O7S/c1-12(23-21-17-5-3-4-6-19(17)33(29,30)25-21)22(28)31-11-14-9-20(27)32-18-10-15(24-13(2)26)7-8-16(14)18/h3-10,12H,11H2,1-2H3,(H,23,25)(H,24,26)/t12-/m0/s1. The Bertz CT molecular complexity index is 1470. The number of ether oxygens (including phenoxy) is 1. The first-order valence-corrected chi connectivity index (χ1v) is 11.3. The van der Waals surface area contributed by atoms with Crippen molar-refractivity contribution in [3.63, 3.8) is 0 Å². The van der Waals surface area contributed by atoms with Crippen LogP contribution in [0.4, 0.5) is 5.69 Å². The van der Waals surface area contributed by atoms with Crippen molar-refractivity contribution >= 4 is 44.4 Å². The predicted octanol–water partition coefficient (Wildman–Crippen LogP) is 1.92. The summed E-state index contributed by atoms with van der Waals surface area (Å²) >= 11 is 0. The van der Waals surface area contributed by atoms with E-state index in [0.717, 1.165) is 0 Å². The number of carbonyl (C=O) groups is 2. The van der Waals surface area contributed by atoms with Crippen LogP contribution in [0.1, 0.15) is 25.0 Å². The van der Waals surface area contributed by atoms with Gasteiger partial charge >= 0.3 is 11.6 Å². The maximum atomic E-state index is 12.5. The van der Waals surface area contributed by atoms with E-state index in [-0.39, 0.29) is 28.8 Å². The molecule has 0 unspecified atom stereocenters. The fourth-order valence-electron chi connectivity index (χ4n) is 3.38. The van der Waals surface area contributed by atoms with Gasteiger partial charge in [0.2, 0.25) is 5.91 Å². The van der Waals surface area contributed by atoms with Crippen LogP contribution in [-0.4, -0.2) is 32.2 Å². The van der Waals surface area contributed by atoms with Gasteiger partial charge in [-0.15, -0.1) is 0 Å². The van der Waals surface area contributed by atoms with E-state index >= 15 is 0 Å². The number of sulfonamides is 1. The first-order chi connectivity index (χ1) is 15.6. The quantitative estimate of drug-likeness (QED) is 0.429. The number of carbonyl (C=O) groups excluding carboxylic acids is 2. The number of fused-ring (bicyclic) bond motifs is 2. The second-order valence-electron chi connectivity index (χ2n) is 7.35. The summed E-state index contributed by atoms with van der Waals surface area (Å²) in [6.45, 7) is 2.61. The van der Waals surface area contributed by atoms with Crippen LogP contribution in [0.3, 0.4) is 0 Å². The van der Waals surface area contributed by atoms with E-state index in [2.05, 4.69) is 15.0 Å². The average Bonchev–Trinajstić information content (AvgIpc) is 3.01. The fraction of sp³-hybridized carbons (Fsp3) is 0.182. The third kappa shape index (κ3) is 4.62. The Morgan fingerprint density at radius 1 is 1.18 bits per heavy atom. The minimum atomic E-state index is -3.73. The zero-order valence-corrected chi connectivity index (χ0v) is 18.4. The van der Waals surface area contributed by atoms with Crippen molar-refractivity contribution in [2.75, 3.05) is 5.32 Å². The number of rotatable bonds is 5. The van der Waals surface area contributed by atoms with Crippen LogP contribution in [0.15, 0.2) is 67.6 Å². The van der Waals surface area contributed by atoms with Gasteiger partial charge in [-0.2, -0.15) is 0 Å². The molecule has 0 radical (unpaired) electrons. The maximum Gasteiger partial charge on any atom is 0.336 e. The summed E-state index contributed by atoms with van der Waals surface area (Å²) in [5.41, 5.74) is 0.828. The highest BCUT2D eigenvalue weighted by atomic mass is 32.2. The third-order valence-corrected chi connectivity index (χ3v) is 6.24. The Morgan fingerprint density at radius 3 is 2.70 bits per heavy atom. The normalized spacial score (nSPS) is 16.1. The van der Waals surface area contributed by atoms with E-state index in [4.69, 9.17) is 9.15 Å². The number of nitrogens with zero attached hydrogens (tertiary/aromatic N) is 1. The second kappa shape index (κ2) is 8.51. The van der Waals surface area contributed by atoms with Crippen LogP contribution in [0, 0.1) is 0 Å². The van der Waals surface area contributed by atoms with E-state index in [9.17, 15) is 22.8 Å². The number of amidine groups is 1. The third-order valence-electron chi connectivity index (χ3n) is 4.85. The Labute approximate surface area is 188 Å². The first kappa shape index (κ1) is 22.2. The summed E-state index contributed by atoms with van der Waals surface area (Å²) in [6, 6.07) is 11.3. The van der Waals surface area contributed by atoms with Gasteiger partial charge in [0, 0.05) is 41.3 Å². The number of amides is 1. The molecular formula is C22H19N3O7S. The molecule has 2 heterocycles. The van der Waals surface area contributed by atoms with Gasteiger partial charge < -0.3 is 14.5 Å². The molecule has 4 rings (SSSR count). The van der Waals surface area contributed by atoms with E-state index < -0.39 is 27.7 Å². The van der Waals surface area contributed by atoms with Crippen molar-refractivity contribution < 1.29 is 27.2 Å². The summed E-state index contributed by atoms with van der Waals surface area (Å²) in [4.78, 5) is 40.0. The Hall–Kier alpha value is -3.99. The van der Waals surface area contributed by atoms with Gasteiger partial charge in [-0.3, -0.25) is 14.5 Å². The smallest absolute Gasteiger partial charge is 0.336 e. The van der Waals surface area contributed by atoms with Gasteiger partial charge in [0.1, 0.15) is 24.1 Å². The SMILES string of the molecule is CC(=O)Nc1ccc2c(COC(=O)[C@H](C)N=C3NS(=O)(=O)c4ccccc43)cc(=O)oc2c1. The largest absolute Gasteiger partial charge is 0.459 e. The summed E-state index contributed by atoms with van der Waals surface area (Å²) < 4.78 is 37.2. The number of anilines is 1. The van der Waals surface area contributed by atoms with Crippen molar-refractivity contribution in [2.45, 2.75) is 31.4 Å². The molecule has 10 nitrogen and oxygen atoms in total. The van der Waals surface area contributed by atoms with Crippen LogP contribution < -0.4 is 15.7 Å². The summed E-state index contributed by atoms with van der Waals surface area (Å²) in [5.74, 6) is -0.918. The molecule has 170 valence electrons. The number of benzene rings is 2. The number of nitrogens with one attached hydrogen (secondary N) is 2.